The SMILES string of the molecule is CCCC1(CNCCCC2CC2)CCCNC1. The lowest BCUT2D eigenvalue weighted by Crippen LogP contribution is -2.46. The molecule has 100 valence electrons. The van der Waals surface area contributed by atoms with Gasteiger partial charge in [-0.15, -0.1) is 0 Å². The van der Waals surface area contributed by atoms with E-state index in [2.05, 4.69) is 17.6 Å². The van der Waals surface area contributed by atoms with E-state index in [0.717, 1.165) is 5.92 Å². The molecule has 1 saturated carbocycles. The fraction of sp³-hybridized carbons (Fsp3) is 1.00. The largest absolute Gasteiger partial charge is 0.316 e. The maximum absolute atomic E-state index is 3.72. The summed E-state index contributed by atoms with van der Waals surface area (Å²) in [6.45, 7) is 7.26. The van der Waals surface area contributed by atoms with Crippen LogP contribution in [0, 0.1) is 11.3 Å². The first-order valence-electron chi connectivity index (χ1n) is 7.76. The molecule has 17 heavy (non-hydrogen) atoms. The summed E-state index contributed by atoms with van der Waals surface area (Å²) in [5.41, 5.74) is 0.562. The molecule has 0 bridgehead atoms. The Morgan fingerprint density at radius 1 is 1.35 bits per heavy atom. The Bertz CT molecular complexity index is 199. The third-order valence-corrected chi connectivity index (χ3v) is 4.50. The van der Waals surface area contributed by atoms with Gasteiger partial charge in [-0.2, -0.15) is 0 Å². The smallest absolute Gasteiger partial charge is 0.00200 e. The van der Waals surface area contributed by atoms with Crippen LogP contribution < -0.4 is 10.6 Å². The minimum absolute atomic E-state index is 0.562. The Labute approximate surface area is 107 Å². The number of piperidine rings is 1. The van der Waals surface area contributed by atoms with Gasteiger partial charge in [0.25, 0.3) is 0 Å². The van der Waals surface area contributed by atoms with Gasteiger partial charge in [0.2, 0.25) is 0 Å². The predicted octanol–water partition coefficient (Wildman–Crippen LogP) is 2.94. The van der Waals surface area contributed by atoms with Crippen molar-refractivity contribution in [1.82, 2.24) is 10.6 Å². The third-order valence-electron chi connectivity index (χ3n) is 4.50. The molecule has 2 rings (SSSR count). The average Bonchev–Trinajstić information content (AvgIpc) is 3.14. The first-order chi connectivity index (χ1) is 8.35. The van der Waals surface area contributed by atoms with Gasteiger partial charge >= 0.3 is 0 Å². The molecular formula is C15H30N2. The van der Waals surface area contributed by atoms with E-state index in [1.54, 1.807) is 0 Å². The maximum Gasteiger partial charge on any atom is 0.00200 e. The quantitative estimate of drug-likeness (QED) is 0.635. The second-order valence-corrected chi connectivity index (χ2v) is 6.29. The maximum atomic E-state index is 3.72. The van der Waals surface area contributed by atoms with Crippen LogP contribution >= 0.6 is 0 Å². The van der Waals surface area contributed by atoms with Gasteiger partial charge in [-0.1, -0.05) is 26.2 Å². The second kappa shape index (κ2) is 6.75. The molecule has 0 spiro atoms. The van der Waals surface area contributed by atoms with Crippen molar-refractivity contribution >= 4 is 0 Å². The van der Waals surface area contributed by atoms with E-state index in [1.807, 2.05) is 0 Å². The van der Waals surface area contributed by atoms with Crippen LogP contribution in [0.1, 0.15) is 58.3 Å². The minimum Gasteiger partial charge on any atom is -0.316 e. The molecule has 1 aliphatic carbocycles. The van der Waals surface area contributed by atoms with Gasteiger partial charge in [0.15, 0.2) is 0 Å². The van der Waals surface area contributed by atoms with E-state index in [4.69, 9.17) is 0 Å². The molecule has 2 nitrogen and oxygen atoms in total. The lowest BCUT2D eigenvalue weighted by Gasteiger charge is -2.38. The van der Waals surface area contributed by atoms with Crippen molar-refractivity contribution < 1.29 is 0 Å². The molecule has 1 aliphatic heterocycles. The van der Waals surface area contributed by atoms with Crippen LogP contribution in [0.2, 0.25) is 0 Å². The fourth-order valence-electron chi connectivity index (χ4n) is 3.29. The van der Waals surface area contributed by atoms with Crippen LogP contribution in [0.3, 0.4) is 0 Å². The fourth-order valence-corrected chi connectivity index (χ4v) is 3.29. The van der Waals surface area contributed by atoms with E-state index in [0.29, 0.717) is 5.41 Å². The Morgan fingerprint density at radius 3 is 2.88 bits per heavy atom. The van der Waals surface area contributed by atoms with Crippen molar-refractivity contribution in [1.29, 1.82) is 0 Å². The molecule has 0 amide bonds. The van der Waals surface area contributed by atoms with Crippen molar-refractivity contribution in [2.75, 3.05) is 26.2 Å². The normalized spacial score (nSPS) is 29.5. The summed E-state index contributed by atoms with van der Waals surface area (Å²) in [4.78, 5) is 0. The van der Waals surface area contributed by atoms with Gasteiger partial charge in [-0.3, -0.25) is 0 Å². The molecule has 0 aromatic heterocycles. The molecular weight excluding hydrogens is 208 g/mol. The highest BCUT2D eigenvalue weighted by atomic mass is 14.9. The summed E-state index contributed by atoms with van der Waals surface area (Å²) in [6.07, 6.45) is 11.4. The van der Waals surface area contributed by atoms with Crippen LogP contribution in [0.15, 0.2) is 0 Å². The van der Waals surface area contributed by atoms with Gasteiger partial charge in [0.1, 0.15) is 0 Å². The highest BCUT2D eigenvalue weighted by Gasteiger charge is 2.30. The summed E-state index contributed by atoms with van der Waals surface area (Å²) >= 11 is 0. The second-order valence-electron chi connectivity index (χ2n) is 6.29. The molecule has 1 heterocycles. The standard InChI is InChI=1S/C15H30N2/c1-2-8-15(9-4-11-17-13-15)12-16-10-3-5-14-6-7-14/h14,16-17H,2-13H2,1H3. The third kappa shape index (κ3) is 4.59. The van der Waals surface area contributed by atoms with Gasteiger partial charge in [0.05, 0.1) is 0 Å². The molecule has 0 aromatic rings. The highest BCUT2D eigenvalue weighted by Crippen LogP contribution is 2.33. The number of rotatable bonds is 8. The van der Waals surface area contributed by atoms with E-state index in [9.17, 15) is 0 Å². The van der Waals surface area contributed by atoms with Crippen molar-refractivity contribution in [3.8, 4) is 0 Å². The zero-order chi connectivity index (χ0) is 12.0. The molecule has 2 fully saturated rings. The average molecular weight is 238 g/mol. The summed E-state index contributed by atoms with van der Waals surface area (Å²) in [5.74, 6) is 1.10. The lowest BCUT2D eigenvalue weighted by molar-refractivity contribution is 0.183. The Balaban J connectivity index is 1.61. The van der Waals surface area contributed by atoms with Gasteiger partial charge in [-0.05, 0) is 56.5 Å². The molecule has 2 N–H and O–H groups in total. The predicted molar refractivity (Wildman–Crippen MR) is 74.3 cm³/mol. The molecule has 2 aliphatic rings. The minimum atomic E-state index is 0.562. The van der Waals surface area contributed by atoms with Gasteiger partial charge < -0.3 is 10.6 Å². The zero-order valence-corrected chi connectivity index (χ0v) is 11.6. The molecule has 0 aromatic carbocycles. The number of hydrogen-bond acceptors (Lipinski definition) is 2. The summed E-state index contributed by atoms with van der Waals surface area (Å²) < 4.78 is 0. The topological polar surface area (TPSA) is 24.1 Å². The van der Waals surface area contributed by atoms with E-state index >= 15 is 0 Å². The van der Waals surface area contributed by atoms with Gasteiger partial charge in [0, 0.05) is 13.1 Å². The highest BCUT2D eigenvalue weighted by molar-refractivity contribution is 4.87. The number of nitrogens with one attached hydrogen (secondary N) is 2. The summed E-state index contributed by atoms with van der Waals surface area (Å²) in [6, 6.07) is 0. The van der Waals surface area contributed by atoms with Crippen molar-refractivity contribution in [3.63, 3.8) is 0 Å². The molecule has 2 heteroatoms. The van der Waals surface area contributed by atoms with Crippen LogP contribution in [0.5, 0.6) is 0 Å². The Morgan fingerprint density at radius 2 is 2.24 bits per heavy atom. The monoisotopic (exact) mass is 238 g/mol. The Kier molecular flexibility index (Phi) is 5.30. The first kappa shape index (κ1) is 13.4. The van der Waals surface area contributed by atoms with Crippen LogP contribution in [-0.4, -0.2) is 26.2 Å². The van der Waals surface area contributed by atoms with E-state index in [-0.39, 0.29) is 0 Å². The lowest BCUT2D eigenvalue weighted by atomic mass is 9.77. The number of hydrogen-bond donors (Lipinski definition) is 2. The van der Waals surface area contributed by atoms with E-state index < -0.39 is 0 Å². The summed E-state index contributed by atoms with van der Waals surface area (Å²) in [7, 11) is 0. The van der Waals surface area contributed by atoms with E-state index in [1.165, 1.54) is 77.5 Å². The molecule has 1 atom stereocenters. The van der Waals surface area contributed by atoms with Crippen LogP contribution in [0.4, 0.5) is 0 Å². The van der Waals surface area contributed by atoms with Crippen molar-refractivity contribution in [3.05, 3.63) is 0 Å². The molecule has 1 unspecified atom stereocenters. The molecule has 0 radical (unpaired) electrons. The zero-order valence-electron chi connectivity index (χ0n) is 11.6. The van der Waals surface area contributed by atoms with Crippen LogP contribution in [0.25, 0.3) is 0 Å². The van der Waals surface area contributed by atoms with Crippen molar-refractivity contribution in [2.24, 2.45) is 11.3 Å². The molecule has 1 saturated heterocycles. The van der Waals surface area contributed by atoms with Crippen molar-refractivity contribution in [2.45, 2.75) is 58.3 Å². The summed E-state index contributed by atoms with van der Waals surface area (Å²) in [5, 5.41) is 7.31. The van der Waals surface area contributed by atoms with Crippen LogP contribution in [-0.2, 0) is 0 Å². The Hall–Kier alpha value is -0.0800. The van der Waals surface area contributed by atoms with Gasteiger partial charge in [-0.25, -0.2) is 0 Å². The first-order valence-corrected chi connectivity index (χ1v) is 7.76.